The molecule has 130 valence electrons. The minimum Gasteiger partial charge on any atom is -0.311 e. The number of amides is 1. The van der Waals surface area contributed by atoms with Crippen molar-refractivity contribution < 1.29 is 17.6 Å². The molecule has 0 saturated carbocycles. The molecule has 0 fully saturated rings. The Morgan fingerprint density at radius 3 is 2.50 bits per heavy atom. The van der Waals surface area contributed by atoms with Crippen LogP contribution in [0.5, 0.6) is 0 Å². The summed E-state index contributed by atoms with van der Waals surface area (Å²) in [7, 11) is -3.64. The van der Waals surface area contributed by atoms with E-state index in [0.29, 0.717) is 5.82 Å². The van der Waals surface area contributed by atoms with E-state index in [1.54, 1.807) is 10.7 Å². The zero-order valence-corrected chi connectivity index (χ0v) is 14.6. The van der Waals surface area contributed by atoms with E-state index in [4.69, 9.17) is 0 Å². The number of sulfone groups is 1. The van der Waals surface area contributed by atoms with Gasteiger partial charge in [0.05, 0.1) is 16.3 Å². The summed E-state index contributed by atoms with van der Waals surface area (Å²) in [6, 6.07) is 6.34. The van der Waals surface area contributed by atoms with Gasteiger partial charge in [-0.05, 0) is 45.0 Å². The summed E-state index contributed by atoms with van der Waals surface area (Å²) in [4.78, 5) is 12.1. The molecule has 0 unspecified atom stereocenters. The molecular formula is C16H20FN3O3S. The zero-order chi connectivity index (χ0) is 17.9. The summed E-state index contributed by atoms with van der Waals surface area (Å²) in [6.07, 6.45) is -0.192. The first-order chi connectivity index (χ1) is 11.2. The van der Waals surface area contributed by atoms with E-state index in [2.05, 4.69) is 10.4 Å². The van der Waals surface area contributed by atoms with Crippen molar-refractivity contribution in [3.05, 3.63) is 41.8 Å². The fourth-order valence-corrected chi connectivity index (χ4v) is 3.44. The van der Waals surface area contributed by atoms with Crippen molar-refractivity contribution in [1.29, 1.82) is 0 Å². The summed E-state index contributed by atoms with van der Waals surface area (Å²) in [5, 5.41) is 6.96. The van der Waals surface area contributed by atoms with E-state index in [0.717, 1.165) is 17.8 Å². The lowest BCUT2D eigenvalue weighted by molar-refractivity contribution is -0.115. The maximum Gasteiger partial charge on any atom is 0.226 e. The molecular weight excluding hydrogens is 333 g/mol. The van der Waals surface area contributed by atoms with Gasteiger partial charge in [-0.2, -0.15) is 5.10 Å². The van der Waals surface area contributed by atoms with Gasteiger partial charge in [0, 0.05) is 18.5 Å². The Morgan fingerprint density at radius 1 is 1.29 bits per heavy atom. The van der Waals surface area contributed by atoms with Crippen molar-refractivity contribution in [3.8, 4) is 0 Å². The third-order valence-corrected chi connectivity index (χ3v) is 5.12. The van der Waals surface area contributed by atoms with Gasteiger partial charge in [-0.15, -0.1) is 0 Å². The maximum atomic E-state index is 12.9. The highest BCUT2D eigenvalue weighted by atomic mass is 32.2. The van der Waals surface area contributed by atoms with Gasteiger partial charge in [0.15, 0.2) is 9.84 Å². The fraction of sp³-hybridized carbons (Fsp3) is 0.375. The van der Waals surface area contributed by atoms with Crippen molar-refractivity contribution in [2.24, 2.45) is 0 Å². The molecule has 24 heavy (non-hydrogen) atoms. The molecule has 0 aliphatic carbocycles. The molecule has 0 saturated heterocycles. The van der Waals surface area contributed by atoms with E-state index in [9.17, 15) is 17.6 Å². The summed E-state index contributed by atoms with van der Waals surface area (Å²) < 4.78 is 38.9. The molecule has 1 N–H and O–H groups in total. The number of hydrogen-bond donors (Lipinski definition) is 1. The van der Waals surface area contributed by atoms with Crippen molar-refractivity contribution in [3.63, 3.8) is 0 Å². The molecule has 8 heteroatoms. The Hall–Kier alpha value is -2.22. The molecule has 1 aromatic carbocycles. The van der Waals surface area contributed by atoms with Gasteiger partial charge in [-0.25, -0.2) is 17.5 Å². The Kier molecular flexibility index (Phi) is 5.38. The lowest BCUT2D eigenvalue weighted by atomic mass is 10.3. The van der Waals surface area contributed by atoms with Crippen LogP contribution < -0.4 is 5.32 Å². The molecule has 2 rings (SSSR count). The molecule has 2 aromatic rings. The van der Waals surface area contributed by atoms with E-state index >= 15 is 0 Å². The quantitative estimate of drug-likeness (QED) is 0.810. The van der Waals surface area contributed by atoms with Crippen LogP contribution in [0.4, 0.5) is 10.2 Å². The van der Waals surface area contributed by atoms with Crippen LogP contribution in [0.2, 0.25) is 0 Å². The largest absolute Gasteiger partial charge is 0.311 e. The predicted octanol–water partition coefficient (Wildman–Crippen LogP) is 2.71. The first kappa shape index (κ1) is 18.1. The van der Waals surface area contributed by atoms with Gasteiger partial charge >= 0.3 is 0 Å². The van der Waals surface area contributed by atoms with E-state index in [1.807, 2.05) is 20.8 Å². The highest BCUT2D eigenvalue weighted by molar-refractivity contribution is 7.91. The highest BCUT2D eigenvalue weighted by Crippen LogP contribution is 2.17. The average Bonchev–Trinajstić information content (AvgIpc) is 2.86. The molecule has 0 aliphatic heterocycles. The van der Waals surface area contributed by atoms with Crippen molar-refractivity contribution in [1.82, 2.24) is 9.78 Å². The Bertz CT molecular complexity index is 827. The van der Waals surface area contributed by atoms with Crippen LogP contribution in [-0.4, -0.2) is 29.9 Å². The zero-order valence-electron chi connectivity index (χ0n) is 13.8. The third kappa shape index (κ3) is 4.41. The number of aryl methyl sites for hydroxylation is 1. The third-order valence-electron chi connectivity index (χ3n) is 3.39. The predicted molar refractivity (Wildman–Crippen MR) is 89.0 cm³/mol. The van der Waals surface area contributed by atoms with Crippen molar-refractivity contribution in [2.75, 3.05) is 11.1 Å². The molecule has 0 bridgehead atoms. The van der Waals surface area contributed by atoms with Gasteiger partial charge in [-0.3, -0.25) is 4.79 Å². The molecule has 1 heterocycles. The van der Waals surface area contributed by atoms with Crippen LogP contribution in [0.25, 0.3) is 0 Å². The van der Waals surface area contributed by atoms with Crippen LogP contribution in [-0.2, 0) is 14.6 Å². The van der Waals surface area contributed by atoms with Crippen molar-refractivity contribution >= 4 is 21.6 Å². The number of nitrogens with one attached hydrogen (secondary N) is 1. The first-order valence-electron chi connectivity index (χ1n) is 7.53. The fourth-order valence-electron chi connectivity index (χ4n) is 2.20. The topological polar surface area (TPSA) is 81.1 Å². The SMILES string of the molecule is Cc1cc(NC(=O)CCS(=O)(=O)c2ccc(F)cc2)n(C(C)C)n1. The smallest absolute Gasteiger partial charge is 0.226 e. The first-order valence-corrected chi connectivity index (χ1v) is 9.18. The number of carbonyl (C=O) groups is 1. The standard InChI is InChI=1S/C16H20FN3O3S/c1-11(2)20-15(10-12(3)19-20)18-16(21)8-9-24(22,23)14-6-4-13(17)5-7-14/h4-7,10-11H,8-9H2,1-3H3,(H,18,21). The number of hydrogen-bond acceptors (Lipinski definition) is 4. The van der Waals surface area contributed by atoms with E-state index in [1.165, 1.54) is 12.1 Å². The monoisotopic (exact) mass is 353 g/mol. The van der Waals surface area contributed by atoms with E-state index in [-0.39, 0.29) is 23.1 Å². The van der Waals surface area contributed by atoms with Gasteiger partial charge in [-0.1, -0.05) is 0 Å². The molecule has 0 radical (unpaired) electrons. The molecule has 0 atom stereocenters. The molecule has 1 amide bonds. The summed E-state index contributed by atoms with van der Waals surface area (Å²) in [5.41, 5.74) is 0.762. The minimum atomic E-state index is -3.64. The number of nitrogens with zero attached hydrogens (tertiary/aromatic N) is 2. The number of rotatable bonds is 6. The molecule has 0 spiro atoms. The molecule has 1 aromatic heterocycles. The Labute approximate surface area is 140 Å². The lowest BCUT2D eigenvalue weighted by Crippen LogP contribution is -2.20. The normalized spacial score (nSPS) is 11.7. The van der Waals surface area contributed by atoms with Crippen LogP contribution >= 0.6 is 0 Å². The van der Waals surface area contributed by atoms with Gasteiger partial charge in [0.2, 0.25) is 5.91 Å². The van der Waals surface area contributed by atoms with Crippen LogP contribution in [0, 0.1) is 12.7 Å². The lowest BCUT2D eigenvalue weighted by Gasteiger charge is -2.11. The number of aromatic nitrogens is 2. The number of benzene rings is 1. The summed E-state index contributed by atoms with van der Waals surface area (Å²) >= 11 is 0. The Morgan fingerprint density at radius 2 is 1.92 bits per heavy atom. The maximum absolute atomic E-state index is 12.9. The molecule has 0 aliphatic rings. The van der Waals surface area contributed by atoms with Crippen LogP contribution in [0.15, 0.2) is 35.2 Å². The summed E-state index contributed by atoms with van der Waals surface area (Å²) in [5.74, 6) is -0.739. The van der Waals surface area contributed by atoms with Crippen LogP contribution in [0.3, 0.4) is 0 Å². The van der Waals surface area contributed by atoms with E-state index < -0.39 is 21.6 Å². The number of anilines is 1. The highest BCUT2D eigenvalue weighted by Gasteiger charge is 2.18. The second-order valence-corrected chi connectivity index (χ2v) is 7.89. The average molecular weight is 353 g/mol. The minimum absolute atomic E-state index is 0.000216. The number of halogens is 1. The van der Waals surface area contributed by atoms with Crippen molar-refractivity contribution in [2.45, 2.75) is 38.1 Å². The Balaban J connectivity index is 2.02. The van der Waals surface area contributed by atoms with Gasteiger partial charge < -0.3 is 5.32 Å². The molecule has 6 nitrogen and oxygen atoms in total. The van der Waals surface area contributed by atoms with Gasteiger partial charge in [0.1, 0.15) is 11.6 Å². The van der Waals surface area contributed by atoms with Crippen LogP contribution in [0.1, 0.15) is 32.0 Å². The second-order valence-electron chi connectivity index (χ2n) is 5.78. The van der Waals surface area contributed by atoms with Gasteiger partial charge in [0.25, 0.3) is 0 Å². The summed E-state index contributed by atoms with van der Waals surface area (Å²) in [6.45, 7) is 5.68. The number of carbonyl (C=O) groups excluding carboxylic acids is 1. The second kappa shape index (κ2) is 7.12.